The number of nitrogens with one attached hydrogen (secondary N) is 1. The molecule has 1 atom stereocenters. The number of imide groups is 1. The van der Waals surface area contributed by atoms with Gasteiger partial charge in [-0.05, 0) is 35.7 Å². The lowest BCUT2D eigenvalue weighted by molar-refractivity contribution is -0.121. The minimum Gasteiger partial charge on any atom is -0.345 e. The Morgan fingerprint density at radius 3 is 2.13 bits per heavy atom. The second kappa shape index (κ2) is 8.74. The first-order valence-electron chi connectivity index (χ1n) is 9.97. The van der Waals surface area contributed by atoms with Gasteiger partial charge in [-0.2, -0.15) is 0 Å². The molecule has 3 amide bonds. The van der Waals surface area contributed by atoms with Crippen molar-refractivity contribution in [2.75, 3.05) is 4.90 Å². The van der Waals surface area contributed by atoms with Gasteiger partial charge in [-0.25, -0.2) is 0 Å². The molecule has 0 aromatic heterocycles. The van der Waals surface area contributed by atoms with E-state index in [0.717, 1.165) is 16.0 Å². The number of hydrogen-bond acceptors (Lipinski definition) is 3. The highest BCUT2D eigenvalue weighted by Gasteiger charge is 2.30. The molecular weight excluding hydrogens is 376 g/mol. The largest absolute Gasteiger partial charge is 0.345 e. The first kappa shape index (κ1) is 19.6. The summed E-state index contributed by atoms with van der Waals surface area (Å²) in [7, 11) is 0. The Balaban J connectivity index is 1.57. The van der Waals surface area contributed by atoms with E-state index in [4.69, 9.17) is 0 Å². The molecule has 0 spiro atoms. The van der Waals surface area contributed by atoms with Crippen molar-refractivity contribution in [2.24, 2.45) is 0 Å². The third kappa shape index (κ3) is 4.30. The molecule has 1 aliphatic heterocycles. The van der Waals surface area contributed by atoms with Crippen molar-refractivity contribution in [1.29, 1.82) is 0 Å². The Labute approximate surface area is 175 Å². The second-order valence-corrected chi connectivity index (χ2v) is 7.30. The molecule has 0 aliphatic carbocycles. The Bertz CT molecular complexity index is 1050. The van der Waals surface area contributed by atoms with Gasteiger partial charge in [0.15, 0.2) is 0 Å². The molecule has 1 heterocycles. The van der Waals surface area contributed by atoms with Crippen LogP contribution in [0, 0.1) is 0 Å². The Morgan fingerprint density at radius 2 is 1.47 bits per heavy atom. The van der Waals surface area contributed by atoms with Gasteiger partial charge in [0.25, 0.3) is 5.91 Å². The molecule has 0 bridgehead atoms. The predicted octanol–water partition coefficient (Wildman–Crippen LogP) is 4.05. The number of amides is 3. The Kier molecular flexibility index (Phi) is 5.70. The van der Waals surface area contributed by atoms with E-state index in [2.05, 4.69) is 5.32 Å². The molecule has 4 rings (SSSR count). The minimum atomic E-state index is -0.249. The van der Waals surface area contributed by atoms with Crippen LogP contribution in [0.5, 0.6) is 0 Å². The summed E-state index contributed by atoms with van der Waals surface area (Å²) in [6.45, 7) is 0. The fourth-order valence-corrected chi connectivity index (χ4v) is 3.68. The highest BCUT2D eigenvalue weighted by Crippen LogP contribution is 2.24. The lowest BCUT2D eigenvalue weighted by atomic mass is 9.98. The quantitative estimate of drug-likeness (QED) is 0.637. The number of hydrogen-bond donors (Lipinski definition) is 1. The molecule has 1 aliphatic rings. The lowest BCUT2D eigenvalue weighted by Crippen LogP contribution is -2.31. The lowest BCUT2D eigenvalue weighted by Gasteiger charge is -2.20. The van der Waals surface area contributed by atoms with Crippen LogP contribution in [0.25, 0.3) is 0 Å². The van der Waals surface area contributed by atoms with Crippen LogP contribution in [-0.4, -0.2) is 17.7 Å². The summed E-state index contributed by atoms with van der Waals surface area (Å²) in [4.78, 5) is 38.3. The molecule has 30 heavy (non-hydrogen) atoms. The fourth-order valence-electron chi connectivity index (χ4n) is 3.68. The third-order valence-electron chi connectivity index (χ3n) is 5.21. The van der Waals surface area contributed by atoms with Crippen LogP contribution in [0.15, 0.2) is 84.9 Å². The molecule has 0 radical (unpaired) electrons. The second-order valence-electron chi connectivity index (χ2n) is 7.30. The van der Waals surface area contributed by atoms with Crippen molar-refractivity contribution in [1.82, 2.24) is 5.32 Å². The van der Waals surface area contributed by atoms with Gasteiger partial charge >= 0.3 is 0 Å². The third-order valence-corrected chi connectivity index (χ3v) is 5.21. The topological polar surface area (TPSA) is 66.5 Å². The maximum atomic E-state index is 13.0. The first-order valence-corrected chi connectivity index (χ1v) is 9.97. The van der Waals surface area contributed by atoms with Gasteiger partial charge in [-0.1, -0.05) is 66.7 Å². The van der Waals surface area contributed by atoms with Crippen LogP contribution in [0.4, 0.5) is 5.69 Å². The van der Waals surface area contributed by atoms with E-state index in [0.29, 0.717) is 17.7 Å². The highest BCUT2D eigenvalue weighted by molar-refractivity contribution is 6.20. The summed E-state index contributed by atoms with van der Waals surface area (Å²) in [5, 5.41) is 3.11. The molecule has 0 saturated carbocycles. The van der Waals surface area contributed by atoms with E-state index in [1.165, 1.54) is 0 Å². The molecule has 1 fully saturated rings. The first-order chi connectivity index (χ1) is 14.6. The normalized spacial score (nSPS) is 14.6. The summed E-state index contributed by atoms with van der Waals surface area (Å²) in [5.41, 5.74) is 2.98. The van der Waals surface area contributed by atoms with E-state index in [1.807, 2.05) is 60.7 Å². The molecule has 3 aromatic rings. The van der Waals surface area contributed by atoms with E-state index >= 15 is 0 Å². The number of carbonyl (C=O) groups is 3. The predicted molar refractivity (Wildman–Crippen MR) is 115 cm³/mol. The number of nitrogens with zero attached hydrogens (tertiary/aromatic N) is 1. The summed E-state index contributed by atoms with van der Waals surface area (Å²) in [5.74, 6) is -0.715. The molecule has 1 unspecified atom stereocenters. The summed E-state index contributed by atoms with van der Waals surface area (Å²) >= 11 is 0. The van der Waals surface area contributed by atoms with Crippen molar-refractivity contribution in [2.45, 2.75) is 25.3 Å². The standard InChI is InChI=1S/C25H22N2O3/c28-23-14-15-24(29)27(23)21-13-7-12-20(17-21)25(30)26-22(19-10-5-2-6-11-19)16-18-8-3-1-4-9-18/h1-13,17,22H,14-16H2,(H,26,30). The zero-order valence-electron chi connectivity index (χ0n) is 16.5. The van der Waals surface area contributed by atoms with Crippen molar-refractivity contribution in [3.63, 3.8) is 0 Å². The van der Waals surface area contributed by atoms with Gasteiger partial charge in [0, 0.05) is 18.4 Å². The van der Waals surface area contributed by atoms with Crippen LogP contribution in [-0.2, 0) is 16.0 Å². The SMILES string of the molecule is O=C(NC(Cc1ccccc1)c1ccccc1)c1cccc(N2C(=O)CCC2=O)c1. The number of benzene rings is 3. The molecule has 3 aromatic carbocycles. The van der Waals surface area contributed by atoms with E-state index < -0.39 is 0 Å². The van der Waals surface area contributed by atoms with Crippen molar-refractivity contribution < 1.29 is 14.4 Å². The van der Waals surface area contributed by atoms with E-state index in [9.17, 15) is 14.4 Å². The van der Waals surface area contributed by atoms with Crippen LogP contribution < -0.4 is 10.2 Å². The average Bonchev–Trinajstić information content (AvgIpc) is 3.12. The average molecular weight is 398 g/mol. The maximum Gasteiger partial charge on any atom is 0.251 e. The maximum absolute atomic E-state index is 13.0. The molecule has 5 nitrogen and oxygen atoms in total. The van der Waals surface area contributed by atoms with E-state index in [-0.39, 0.29) is 36.6 Å². The minimum absolute atomic E-state index is 0.209. The Morgan fingerprint density at radius 1 is 0.833 bits per heavy atom. The summed E-state index contributed by atoms with van der Waals surface area (Å²) in [6.07, 6.45) is 1.07. The summed E-state index contributed by atoms with van der Waals surface area (Å²) in [6, 6.07) is 26.3. The van der Waals surface area contributed by atoms with Gasteiger partial charge in [-0.3, -0.25) is 19.3 Å². The van der Waals surface area contributed by atoms with E-state index in [1.54, 1.807) is 24.3 Å². The van der Waals surface area contributed by atoms with Gasteiger partial charge in [-0.15, -0.1) is 0 Å². The monoisotopic (exact) mass is 398 g/mol. The van der Waals surface area contributed by atoms with Crippen molar-refractivity contribution in [3.8, 4) is 0 Å². The zero-order valence-corrected chi connectivity index (χ0v) is 16.5. The zero-order chi connectivity index (χ0) is 20.9. The Hall–Kier alpha value is -3.73. The number of rotatable bonds is 6. The van der Waals surface area contributed by atoms with Crippen molar-refractivity contribution in [3.05, 3.63) is 102 Å². The smallest absolute Gasteiger partial charge is 0.251 e. The molecule has 1 saturated heterocycles. The van der Waals surface area contributed by atoms with Crippen LogP contribution in [0.1, 0.15) is 40.4 Å². The number of anilines is 1. The highest BCUT2D eigenvalue weighted by atomic mass is 16.2. The van der Waals surface area contributed by atoms with Crippen LogP contribution >= 0.6 is 0 Å². The van der Waals surface area contributed by atoms with Gasteiger partial charge in [0.1, 0.15) is 0 Å². The molecule has 1 N–H and O–H groups in total. The van der Waals surface area contributed by atoms with Crippen molar-refractivity contribution >= 4 is 23.4 Å². The van der Waals surface area contributed by atoms with Gasteiger partial charge < -0.3 is 5.32 Å². The molecular formula is C25H22N2O3. The van der Waals surface area contributed by atoms with Crippen LogP contribution in [0.2, 0.25) is 0 Å². The molecule has 5 heteroatoms. The molecule has 150 valence electrons. The number of carbonyl (C=O) groups excluding carboxylic acids is 3. The fraction of sp³-hybridized carbons (Fsp3) is 0.160. The van der Waals surface area contributed by atoms with Gasteiger partial charge in [0.05, 0.1) is 11.7 Å². The summed E-state index contributed by atoms with van der Waals surface area (Å²) < 4.78 is 0. The van der Waals surface area contributed by atoms with Crippen LogP contribution in [0.3, 0.4) is 0 Å². The van der Waals surface area contributed by atoms with Gasteiger partial charge in [0.2, 0.25) is 11.8 Å².